The van der Waals surface area contributed by atoms with E-state index in [0.29, 0.717) is 11.8 Å². The molecule has 2 atom stereocenters. The molecule has 0 amide bonds. The average Bonchev–Trinajstić information content (AvgIpc) is 2.52. The maximum Gasteiger partial charge on any atom is 0.142 e. The molecular weight excluding hydrogens is 206 g/mol. The fraction of sp³-hybridized carbons (Fsp3) is 0.818. The molecule has 0 aliphatic heterocycles. The lowest BCUT2D eigenvalue weighted by atomic mass is 9.90. The number of aryl methyl sites for hydroxylation is 1. The Morgan fingerprint density at radius 2 is 2.00 bits per heavy atom. The van der Waals surface area contributed by atoms with Gasteiger partial charge in [-0.1, -0.05) is 20.8 Å². The Bertz CT molecular complexity index is 286. The van der Waals surface area contributed by atoms with Crippen LogP contribution in [0.2, 0.25) is 0 Å². The largest absolute Gasteiger partial charge is 0.327 e. The van der Waals surface area contributed by atoms with Gasteiger partial charge in [-0.3, -0.25) is 0 Å². The zero-order valence-electron chi connectivity index (χ0n) is 10.0. The standard InChI is InChI=1S/C11H21N3S/c1-5-6-9-13-11(15-14-9)10(7(2)3)8(4)12/h7-8,10H,5-6,12H2,1-4H3. The first-order chi connectivity index (χ1) is 7.06. The summed E-state index contributed by atoms with van der Waals surface area (Å²) >= 11 is 1.51. The topological polar surface area (TPSA) is 51.8 Å². The summed E-state index contributed by atoms with van der Waals surface area (Å²) < 4.78 is 4.37. The quantitative estimate of drug-likeness (QED) is 0.841. The normalized spacial score (nSPS) is 15.6. The molecule has 0 aliphatic rings. The molecule has 0 bridgehead atoms. The summed E-state index contributed by atoms with van der Waals surface area (Å²) in [4.78, 5) is 4.57. The zero-order chi connectivity index (χ0) is 11.4. The molecule has 1 aromatic heterocycles. The lowest BCUT2D eigenvalue weighted by Crippen LogP contribution is -2.28. The molecule has 2 unspecified atom stereocenters. The fourth-order valence-corrected chi connectivity index (χ4v) is 2.93. The van der Waals surface area contributed by atoms with E-state index in [9.17, 15) is 0 Å². The van der Waals surface area contributed by atoms with E-state index in [4.69, 9.17) is 5.73 Å². The maximum absolute atomic E-state index is 5.99. The number of rotatable bonds is 5. The molecule has 86 valence electrons. The van der Waals surface area contributed by atoms with Gasteiger partial charge in [0.15, 0.2) is 0 Å². The molecule has 0 saturated carbocycles. The average molecular weight is 227 g/mol. The predicted molar refractivity (Wildman–Crippen MR) is 65.1 cm³/mol. The highest BCUT2D eigenvalue weighted by Gasteiger charge is 2.23. The fourth-order valence-electron chi connectivity index (χ4n) is 1.85. The molecule has 2 N–H and O–H groups in total. The minimum atomic E-state index is 0.146. The van der Waals surface area contributed by atoms with Crippen LogP contribution >= 0.6 is 11.5 Å². The molecule has 0 aromatic carbocycles. The Hall–Kier alpha value is -0.480. The van der Waals surface area contributed by atoms with Gasteiger partial charge in [0.05, 0.1) is 0 Å². The van der Waals surface area contributed by atoms with Crippen LogP contribution < -0.4 is 5.73 Å². The van der Waals surface area contributed by atoms with Crippen molar-refractivity contribution in [1.29, 1.82) is 0 Å². The molecule has 0 fully saturated rings. The molecule has 4 heteroatoms. The number of aromatic nitrogens is 2. The van der Waals surface area contributed by atoms with Gasteiger partial charge >= 0.3 is 0 Å². The van der Waals surface area contributed by atoms with E-state index in [1.165, 1.54) is 11.5 Å². The van der Waals surface area contributed by atoms with E-state index >= 15 is 0 Å². The molecule has 0 spiro atoms. The molecule has 1 aromatic rings. The van der Waals surface area contributed by atoms with Crippen LogP contribution in [0.3, 0.4) is 0 Å². The Balaban J connectivity index is 2.82. The van der Waals surface area contributed by atoms with Gasteiger partial charge in [-0.2, -0.15) is 4.37 Å². The van der Waals surface area contributed by atoms with Gasteiger partial charge in [-0.15, -0.1) is 0 Å². The van der Waals surface area contributed by atoms with Crippen LogP contribution in [0.1, 0.15) is 50.9 Å². The molecule has 0 saturated heterocycles. The lowest BCUT2D eigenvalue weighted by molar-refractivity contribution is 0.433. The monoisotopic (exact) mass is 227 g/mol. The smallest absolute Gasteiger partial charge is 0.142 e. The van der Waals surface area contributed by atoms with Crippen LogP contribution in [-0.2, 0) is 6.42 Å². The summed E-state index contributed by atoms with van der Waals surface area (Å²) in [5.41, 5.74) is 5.99. The Morgan fingerprint density at radius 3 is 2.47 bits per heavy atom. The highest BCUT2D eigenvalue weighted by Crippen LogP contribution is 2.28. The number of nitrogens with zero attached hydrogens (tertiary/aromatic N) is 2. The molecule has 0 aliphatic carbocycles. The van der Waals surface area contributed by atoms with E-state index in [2.05, 4.69) is 30.1 Å². The van der Waals surface area contributed by atoms with Gasteiger partial charge in [0, 0.05) is 18.4 Å². The summed E-state index contributed by atoms with van der Waals surface area (Å²) in [6, 6.07) is 0.146. The van der Waals surface area contributed by atoms with Crippen molar-refractivity contribution in [1.82, 2.24) is 9.36 Å². The van der Waals surface area contributed by atoms with Crippen LogP contribution in [0.5, 0.6) is 0 Å². The highest BCUT2D eigenvalue weighted by atomic mass is 32.1. The molecule has 1 rings (SSSR count). The van der Waals surface area contributed by atoms with Crippen LogP contribution in [0.4, 0.5) is 0 Å². The third kappa shape index (κ3) is 3.24. The Labute approximate surface area is 96.3 Å². The van der Waals surface area contributed by atoms with Gasteiger partial charge in [0.1, 0.15) is 10.8 Å². The number of hydrogen-bond acceptors (Lipinski definition) is 4. The van der Waals surface area contributed by atoms with Gasteiger partial charge in [0.2, 0.25) is 0 Å². The summed E-state index contributed by atoms with van der Waals surface area (Å²) in [5.74, 6) is 1.84. The minimum absolute atomic E-state index is 0.146. The summed E-state index contributed by atoms with van der Waals surface area (Å²) in [6.07, 6.45) is 2.07. The van der Waals surface area contributed by atoms with Crippen LogP contribution in [-0.4, -0.2) is 15.4 Å². The molecule has 0 radical (unpaired) electrons. The lowest BCUT2D eigenvalue weighted by Gasteiger charge is -2.21. The first-order valence-electron chi connectivity index (χ1n) is 5.64. The van der Waals surface area contributed by atoms with Crippen LogP contribution in [0, 0.1) is 5.92 Å². The van der Waals surface area contributed by atoms with E-state index in [-0.39, 0.29) is 6.04 Å². The molecular formula is C11H21N3S. The van der Waals surface area contributed by atoms with Crippen LogP contribution in [0.25, 0.3) is 0 Å². The van der Waals surface area contributed by atoms with E-state index in [1.807, 2.05) is 6.92 Å². The van der Waals surface area contributed by atoms with Crippen molar-refractivity contribution >= 4 is 11.5 Å². The minimum Gasteiger partial charge on any atom is -0.327 e. The zero-order valence-corrected chi connectivity index (χ0v) is 10.8. The summed E-state index contributed by atoms with van der Waals surface area (Å²) in [5, 5.41) is 1.10. The van der Waals surface area contributed by atoms with Crippen molar-refractivity contribution in [3.63, 3.8) is 0 Å². The van der Waals surface area contributed by atoms with Crippen molar-refractivity contribution in [2.75, 3.05) is 0 Å². The van der Waals surface area contributed by atoms with Gasteiger partial charge in [-0.05, 0) is 30.8 Å². The number of hydrogen-bond donors (Lipinski definition) is 1. The molecule has 15 heavy (non-hydrogen) atoms. The van der Waals surface area contributed by atoms with Gasteiger partial charge in [0.25, 0.3) is 0 Å². The predicted octanol–water partition coefficient (Wildman–Crippen LogP) is 2.58. The molecule has 3 nitrogen and oxygen atoms in total. The first-order valence-corrected chi connectivity index (χ1v) is 6.41. The highest BCUT2D eigenvalue weighted by molar-refractivity contribution is 7.05. The maximum atomic E-state index is 5.99. The van der Waals surface area contributed by atoms with E-state index in [0.717, 1.165) is 23.7 Å². The summed E-state index contributed by atoms with van der Waals surface area (Å²) in [7, 11) is 0. The second-order valence-electron chi connectivity index (χ2n) is 4.43. The van der Waals surface area contributed by atoms with Crippen LogP contribution in [0.15, 0.2) is 0 Å². The molecule has 1 heterocycles. The van der Waals surface area contributed by atoms with Gasteiger partial charge in [-0.25, -0.2) is 4.98 Å². The third-order valence-electron chi connectivity index (χ3n) is 2.53. The second kappa shape index (κ2) is 5.56. The van der Waals surface area contributed by atoms with Crippen molar-refractivity contribution in [2.45, 2.75) is 52.5 Å². The van der Waals surface area contributed by atoms with E-state index < -0.39 is 0 Å². The Kier molecular flexibility index (Phi) is 4.67. The van der Waals surface area contributed by atoms with Gasteiger partial charge < -0.3 is 5.73 Å². The van der Waals surface area contributed by atoms with E-state index in [1.54, 1.807) is 0 Å². The Morgan fingerprint density at radius 1 is 1.33 bits per heavy atom. The number of nitrogens with two attached hydrogens (primary N) is 1. The van der Waals surface area contributed by atoms with Crippen molar-refractivity contribution < 1.29 is 0 Å². The first kappa shape index (κ1) is 12.6. The van der Waals surface area contributed by atoms with Crippen molar-refractivity contribution in [3.8, 4) is 0 Å². The SMILES string of the molecule is CCCc1nsc(C(C(C)C)C(C)N)n1. The second-order valence-corrected chi connectivity index (χ2v) is 5.21. The third-order valence-corrected chi connectivity index (χ3v) is 3.38. The van der Waals surface area contributed by atoms with Crippen molar-refractivity contribution in [3.05, 3.63) is 10.8 Å². The summed E-state index contributed by atoms with van der Waals surface area (Å²) in [6.45, 7) is 8.57. The van der Waals surface area contributed by atoms with Crippen molar-refractivity contribution in [2.24, 2.45) is 11.7 Å².